The van der Waals surface area contributed by atoms with Gasteiger partial charge in [0.15, 0.2) is 5.82 Å². The molecule has 1 fully saturated rings. The van der Waals surface area contributed by atoms with Gasteiger partial charge in [-0.1, -0.05) is 62.4 Å². The molecule has 2 aromatic carbocycles. The van der Waals surface area contributed by atoms with E-state index < -0.39 is 23.7 Å². The van der Waals surface area contributed by atoms with Crippen LogP contribution in [0.1, 0.15) is 60.7 Å². The van der Waals surface area contributed by atoms with Crippen molar-refractivity contribution in [3.8, 4) is 0 Å². The third-order valence-corrected chi connectivity index (χ3v) is 6.06. The van der Waals surface area contributed by atoms with Crippen molar-refractivity contribution in [1.29, 1.82) is 0 Å². The van der Waals surface area contributed by atoms with E-state index >= 15 is 0 Å². The Kier molecular flexibility index (Phi) is 6.23. The van der Waals surface area contributed by atoms with E-state index in [-0.39, 0.29) is 28.6 Å². The molecular formula is C27H25F2N3O3. The number of aromatic nitrogens is 2. The fourth-order valence-electron chi connectivity index (χ4n) is 4.04. The molecule has 1 aliphatic rings. The molecule has 0 spiro atoms. The Morgan fingerprint density at radius 1 is 0.971 bits per heavy atom. The molecule has 1 N–H and O–H groups in total. The van der Waals surface area contributed by atoms with Crippen molar-refractivity contribution < 1.29 is 23.5 Å². The number of aliphatic hydroxyl groups is 1. The van der Waals surface area contributed by atoms with E-state index in [9.17, 15) is 23.5 Å². The number of aryl methyl sites for hydroxylation is 1. The Bertz CT molecular complexity index is 1290. The largest absolute Gasteiger partial charge is 0.507 e. The van der Waals surface area contributed by atoms with Crippen LogP contribution in [0.5, 0.6) is 0 Å². The maximum absolute atomic E-state index is 13.8. The van der Waals surface area contributed by atoms with Crippen LogP contribution in [0.3, 0.4) is 0 Å². The number of benzene rings is 2. The van der Waals surface area contributed by atoms with Crippen LogP contribution >= 0.6 is 0 Å². The molecule has 6 nitrogen and oxygen atoms in total. The number of alkyl halides is 2. The number of rotatable bonds is 5. The smallest absolute Gasteiger partial charge is 0.301 e. The molecule has 4 rings (SSSR count). The van der Waals surface area contributed by atoms with Crippen LogP contribution < -0.4 is 4.90 Å². The van der Waals surface area contributed by atoms with E-state index in [1.54, 1.807) is 31.2 Å². The molecule has 1 unspecified atom stereocenters. The highest BCUT2D eigenvalue weighted by atomic mass is 19.3. The van der Waals surface area contributed by atoms with Gasteiger partial charge in [0.2, 0.25) is 0 Å². The molecule has 3 aromatic rings. The minimum Gasteiger partial charge on any atom is -0.507 e. The second kappa shape index (κ2) is 9.02. The van der Waals surface area contributed by atoms with Crippen LogP contribution in [0, 0.1) is 6.92 Å². The molecule has 0 bridgehead atoms. The molecule has 35 heavy (non-hydrogen) atoms. The number of carbonyl (C=O) groups excluding carboxylic acids is 2. The molecule has 2 heterocycles. The van der Waals surface area contributed by atoms with Crippen LogP contribution in [0.25, 0.3) is 5.76 Å². The van der Waals surface area contributed by atoms with Crippen LogP contribution in [-0.2, 0) is 15.5 Å². The van der Waals surface area contributed by atoms with Crippen LogP contribution in [0.2, 0.25) is 0 Å². The standard InChI is InChI=1S/C27H25F2N3O3/c1-15(2)17-6-8-19(9-7-17)24(33)22-23(18-10-12-20(13-11-18)27(4,28)29)32(26(35)25(22)34)21-14-5-16(3)30-31-21/h5-15,23,33H,1-4H3. The number of carbonyl (C=O) groups is 2. The first-order valence-electron chi connectivity index (χ1n) is 11.2. The fourth-order valence-corrected chi connectivity index (χ4v) is 4.04. The van der Waals surface area contributed by atoms with Crippen molar-refractivity contribution in [2.75, 3.05) is 4.90 Å². The molecular weight excluding hydrogens is 452 g/mol. The predicted molar refractivity (Wildman–Crippen MR) is 128 cm³/mol. The molecule has 1 saturated heterocycles. The maximum atomic E-state index is 13.8. The summed E-state index contributed by atoms with van der Waals surface area (Å²) in [5, 5.41) is 19.2. The van der Waals surface area contributed by atoms with Gasteiger partial charge in [-0.2, -0.15) is 5.10 Å². The topological polar surface area (TPSA) is 83.4 Å². The van der Waals surface area contributed by atoms with Crippen molar-refractivity contribution in [2.45, 2.75) is 45.6 Å². The Balaban J connectivity index is 1.89. The number of ketones is 1. The van der Waals surface area contributed by atoms with Gasteiger partial charge in [0, 0.05) is 18.1 Å². The molecule has 0 aliphatic carbocycles. The first kappa shape index (κ1) is 24.2. The molecule has 1 amide bonds. The molecule has 1 atom stereocenters. The van der Waals surface area contributed by atoms with E-state index in [0.717, 1.165) is 17.4 Å². The molecule has 180 valence electrons. The highest BCUT2D eigenvalue weighted by Gasteiger charge is 2.47. The fraction of sp³-hybridized carbons (Fsp3) is 0.259. The lowest BCUT2D eigenvalue weighted by molar-refractivity contribution is -0.132. The van der Waals surface area contributed by atoms with Crippen molar-refractivity contribution in [3.05, 3.63) is 94.2 Å². The van der Waals surface area contributed by atoms with Gasteiger partial charge >= 0.3 is 5.91 Å². The lowest BCUT2D eigenvalue weighted by atomic mass is 9.93. The van der Waals surface area contributed by atoms with Crippen molar-refractivity contribution in [1.82, 2.24) is 10.2 Å². The number of hydrogen-bond donors (Lipinski definition) is 1. The minimum absolute atomic E-state index is 0.113. The molecule has 1 aliphatic heterocycles. The van der Waals surface area contributed by atoms with Gasteiger partial charge in [-0.15, -0.1) is 5.10 Å². The molecule has 0 radical (unpaired) electrons. The van der Waals surface area contributed by atoms with Crippen molar-refractivity contribution >= 4 is 23.3 Å². The zero-order chi connectivity index (χ0) is 25.5. The third kappa shape index (κ3) is 4.56. The normalized spacial score (nSPS) is 17.9. The van der Waals surface area contributed by atoms with Crippen LogP contribution in [0.4, 0.5) is 14.6 Å². The number of nitrogens with zero attached hydrogens (tertiary/aromatic N) is 3. The van der Waals surface area contributed by atoms with Gasteiger partial charge in [-0.05, 0) is 36.1 Å². The first-order valence-corrected chi connectivity index (χ1v) is 11.2. The second-order valence-electron chi connectivity index (χ2n) is 8.99. The lowest BCUT2D eigenvalue weighted by Gasteiger charge is -2.24. The van der Waals surface area contributed by atoms with E-state index in [1.807, 2.05) is 26.0 Å². The van der Waals surface area contributed by atoms with E-state index in [0.29, 0.717) is 16.8 Å². The van der Waals surface area contributed by atoms with E-state index in [1.165, 1.54) is 24.3 Å². The number of aliphatic hydroxyl groups excluding tert-OH is 1. The third-order valence-electron chi connectivity index (χ3n) is 6.06. The average Bonchev–Trinajstić information content (AvgIpc) is 3.09. The van der Waals surface area contributed by atoms with E-state index in [2.05, 4.69) is 10.2 Å². The number of halogens is 2. The van der Waals surface area contributed by atoms with Gasteiger partial charge in [-0.25, -0.2) is 8.78 Å². The number of hydrogen-bond acceptors (Lipinski definition) is 5. The van der Waals surface area contributed by atoms with E-state index in [4.69, 9.17) is 0 Å². The lowest BCUT2D eigenvalue weighted by Crippen LogP contribution is -2.30. The van der Waals surface area contributed by atoms with Gasteiger partial charge in [-0.3, -0.25) is 14.5 Å². The number of amides is 1. The Hall–Kier alpha value is -3.94. The van der Waals surface area contributed by atoms with Crippen LogP contribution in [-0.4, -0.2) is 27.0 Å². The quantitative estimate of drug-likeness (QED) is 0.292. The summed E-state index contributed by atoms with van der Waals surface area (Å²) in [6.45, 7) is 6.59. The molecule has 8 heteroatoms. The summed E-state index contributed by atoms with van der Waals surface area (Å²) < 4.78 is 27.6. The maximum Gasteiger partial charge on any atom is 0.301 e. The Morgan fingerprint density at radius 2 is 1.60 bits per heavy atom. The summed E-state index contributed by atoms with van der Waals surface area (Å²) in [7, 11) is 0. The highest BCUT2D eigenvalue weighted by Crippen LogP contribution is 2.42. The summed E-state index contributed by atoms with van der Waals surface area (Å²) in [5.41, 5.74) is 2.04. The zero-order valence-corrected chi connectivity index (χ0v) is 19.8. The zero-order valence-electron chi connectivity index (χ0n) is 19.8. The summed E-state index contributed by atoms with van der Waals surface area (Å²) in [4.78, 5) is 27.5. The van der Waals surface area contributed by atoms with Crippen molar-refractivity contribution in [3.63, 3.8) is 0 Å². The molecule has 1 aromatic heterocycles. The second-order valence-corrected chi connectivity index (χ2v) is 8.99. The highest BCUT2D eigenvalue weighted by molar-refractivity contribution is 6.51. The summed E-state index contributed by atoms with van der Waals surface area (Å²) in [6, 6.07) is 14.5. The molecule has 0 saturated carbocycles. The average molecular weight is 478 g/mol. The van der Waals surface area contributed by atoms with Gasteiger partial charge in [0.1, 0.15) is 5.76 Å². The number of anilines is 1. The van der Waals surface area contributed by atoms with Crippen molar-refractivity contribution in [2.24, 2.45) is 0 Å². The number of Topliss-reactive ketones (excluding diaryl/α,β-unsaturated/α-hetero) is 1. The first-order chi connectivity index (χ1) is 16.5. The van der Waals surface area contributed by atoms with Gasteiger partial charge < -0.3 is 5.11 Å². The monoisotopic (exact) mass is 477 g/mol. The summed E-state index contributed by atoms with van der Waals surface area (Å²) in [6.07, 6.45) is 0. The summed E-state index contributed by atoms with van der Waals surface area (Å²) in [5.74, 6) is -4.81. The van der Waals surface area contributed by atoms with Crippen LogP contribution in [0.15, 0.2) is 66.2 Å². The van der Waals surface area contributed by atoms with Gasteiger partial charge in [0.05, 0.1) is 17.3 Å². The SMILES string of the molecule is Cc1ccc(N2C(=O)C(=O)C(=C(O)c3ccc(C(C)C)cc3)C2c2ccc(C(C)(F)F)cc2)nn1. The minimum atomic E-state index is -3.05. The Morgan fingerprint density at radius 3 is 2.11 bits per heavy atom. The summed E-state index contributed by atoms with van der Waals surface area (Å²) >= 11 is 0. The Labute approximate surface area is 201 Å². The predicted octanol–water partition coefficient (Wildman–Crippen LogP) is 5.65. The van der Waals surface area contributed by atoms with Gasteiger partial charge in [0.25, 0.3) is 11.7 Å².